The third-order valence-corrected chi connectivity index (χ3v) is 4.84. The summed E-state index contributed by atoms with van der Waals surface area (Å²) in [7, 11) is 0. The number of likely N-dealkylation sites (tertiary alicyclic amines) is 1. The Hall–Kier alpha value is -2.26. The number of nitrogens with zero attached hydrogens (tertiary/aromatic N) is 4. The first-order valence-electron chi connectivity index (χ1n) is 8.47. The number of halogens is 1. The second-order valence-corrected chi connectivity index (χ2v) is 6.75. The molecule has 1 saturated carbocycles. The van der Waals surface area contributed by atoms with Crippen molar-refractivity contribution < 1.29 is 8.91 Å². The normalized spacial score (nSPS) is 21.6. The summed E-state index contributed by atoms with van der Waals surface area (Å²) in [4.78, 5) is 6.86. The van der Waals surface area contributed by atoms with Crippen LogP contribution < -0.4 is 0 Å². The SMILES string of the molecule is N#Cc1cc(F)ccc1CN1CCCC(c2noc(C3CC3)n2)C1. The molecule has 1 unspecified atom stereocenters. The lowest BCUT2D eigenvalue weighted by Crippen LogP contribution is -2.34. The minimum Gasteiger partial charge on any atom is -0.339 e. The van der Waals surface area contributed by atoms with Crippen molar-refractivity contribution in [1.29, 1.82) is 5.26 Å². The van der Waals surface area contributed by atoms with Gasteiger partial charge in [0, 0.05) is 24.9 Å². The van der Waals surface area contributed by atoms with Crippen LogP contribution in [0.1, 0.15) is 60.4 Å². The minimum atomic E-state index is -0.369. The van der Waals surface area contributed by atoms with E-state index in [1.807, 2.05) is 0 Å². The molecule has 2 aliphatic rings. The van der Waals surface area contributed by atoms with Gasteiger partial charge in [0.2, 0.25) is 5.89 Å². The molecule has 0 radical (unpaired) electrons. The van der Waals surface area contributed by atoms with E-state index in [1.54, 1.807) is 6.07 Å². The molecule has 1 aliphatic heterocycles. The van der Waals surface area contributed by atoms with Gasteiger partial charge in [-0.3, -0.25) is 4.90 Å². The topological polar surface area (TPSA) is 66.0 Å². The van der Waals surface area contributed by atoms with Gasteiger partial charge in [-0.05, 0) is 49.9 Å². The molecule has 0 bridgehead atoms. The maximum atomic E-state index is 13.3. The van der Waals surface area contributed by atoms with Crippen molar-refractivity contribution in [1.82, 2.24) is 15.0 Å². The molecule has 1 aliphatic carbocycles. The van der Waals surface area contributed by atoms with Gasteiger partial charge in [0.15, 0.2) is 5.82 Å². The number of piperidine rings is 1. The Morgan fingerprint density at radius 2 is 2.17 bits per heavy atom. The van der Waals surface area contributed by atoms with E-state index in [4.69, 9.17) is 4.52 Å². The number of rotatable bonds is 4. The lowest BCUT2D eigenvalue weighted by Gasteiger charge is -2.31. The monoisotopic (exact) mass is 326 g/mol. The van der Waals surface area contributed by atoms with Crippen LogP contribution in [0, 0.1) is 17.1 Å². The van der Waals surface area contributed by atoms with Crippen molar-refractivity contribution in [3.8, 4) is 6.07 Å². The van der Waals surface area contributed by atoms with Crippen LogP contribution in [0.15, 0.2) is 22.7 Å². The number of hydrogen-bond acceptors (Lipinski definition) is 5. The second kappa shape index (κ2) is 6.33. The van der Waals surface area contributed by atoms with Crippen LogP contribution in [0.2, 0.25) is 0 Å². The van der Waals surface area contributed by atoms with E-state index < -0.39 is 0 Å². The van der Waals surface area contributed by atoms with E-state index in [1.165, 1.54) is 12.1 Å². The predicted octanol–water partition coefficient (Wildman–Crippen LogP) is 3.34. The van der Waals surface area contributed by atoms with E-state index in [2.05, 4.69) is 21.1 Å². The molecule has 0 N–H and O–H groups in total. The minimum absolute atomic E-state index is 0.265. The molecule has 124 valence electrons. The summed E-state index contributed by atoms with van der Waals surface area (Å²) >= 11 is 0. The lowest BCUT2D eigenvalue weighted by atomic mass is 9.96. The maximum Gasteiger partial charge on any atom is 0.229 e. The van der Waals surface area contributed by atoms with Gasteiger partial charge in [-0.25, -0.2) is 4.39 Å². The summed E-state index contributed by atoms with van der Waals surface area (Å²) in [5, 5.41) is 13.4. The van der Waals surface area contributed by atoms with E-state index >= 15 is 0 Å². The fourth-order valence-electron chi connectivity index (χ4n) is 3.35. The third-order valence-electron chi connectivity index (χ3n) is 4.84. The average molecular weight is 326 g/mol. The van der Waals surface area contributed by atoms with Crippen molar-refractivity contribution in [3.63, 3.8) is 0 Å². The van der Waals surface area contributed by atoms with Crippen molar-refractivity contribution in [2.75, 3.05) is 13.1 Å². The largest absolute Gasteiger partial charge is 0.339 e. The zero-order valence-corrected chi connectivity index (χ0v) is 13.4. The molecule has 0 spiro atoms. The Morgan fingerprint density at radius 3 is 2.96 bits per heavy atom. The Balaban J connectivity index is 1.45. The summed E-state index contributed by atoms with van der Waals surface area (Å²) in [5.74, 6) is 1.96. The molecule has 5 nitrogen and oxygen atoms in total. The molecule has 0 amide bonds. The van der Waals surface area contributed by atoms with Crippen LogP contribution in [0.25, 0.3) is 0 Å². The zero-order chi connectivity index (χ0) is 16.5. The molecule has 2 aromatic rings. The summed E-state index contributed by atoms with van der Waals surface area (Å²) in [5.41, 5.74) is 1.28. The standard InChI is InChI=1S/C18H19FN4O/c19-16-6-5-13(15(8-16)9-20)10-23-7-1-2-14(11-23)17-21-18(24-22-17)12-3-4-12/h5-6,8,12,14H,1-4,7,10-11H2. The van der Waals surface area contributed by atoms with Gasteiger partial charge in [0.1, 0.15) is 5.82 Å². The van der Waals surface area contributed by atoms with E-state index in [9.17, 15) is 9.65 Å². The summed E-state index contributed by atoms with van der Waals surface area (Å²) in [6.07, 6.45) is 4.41. The first-order valence-corrected chi connectivity index (χ1v) is 8.47. The van der Waals surface area contributed by atoms with Crippen molar-refractivity contribution in [3.05, 3.63) is 46.9 Å². The van der Waals surface area contributed by atoms with Crippen LogP contribution in [-0.4, -0.2) is 28.1 Å². The smallest absolute Gasteiger partial charge is 0.229 e. The van der Waals surface area contributed by atoms with Gasteiger partial charge in [-0.2, -0.15) is 10.2 Å². The number of benzene rings is 1. The van der Waals surface area contributed by atoms with E-state index in [0.29, 0.717) is 18.0 Å². The molecule has 4 rings (SSSR count). The Kier molecular flexibility index (Phi) is 4.03. The molecule has 1 saturated heterocycles. The molecule has 2 heterocycles. The van der Waals surface area contributed by atoms with Crippen molar-refractivity contribution in [2.24, 2.45) is 0 Å². The first-order chi connectivity index (χ1) is 11.7. The lowest BCUT2D eigenvalue weighted by molar-refractivity contribution is 0.194. The van der Waals surface area contributed by atoms with Gasteiger partial charge in [0.25, 0.3) is 0 Å². The zero-order valence-electron chi connectivity index (χ0n) is 13.4. The highest BCUT2D eigenvalue weighted by atomic mass is 19.1. The molecule has 24 heavy (non-hydrogen) atoms. The molecule has 2 fully saturated rings. The number of nitriles is 1. The molecule has 1 aromatic heterocycles. The quantitative estimate of drug-likeness (QED) is 0.862. The van der Waals surface area contributed by atoms with Crippen LogP contribution in [0.5, 0.6) is 0 Å². The van der Waals surface area contributed by atoms with Gasteiger partial charge >= 0.3 is 0 Å². The molecule has 1 atom stereocenters. The number of aromatic nitrogens is 2. The fraction of sp³-hybridized carbons (Fsp3) is 0.500. The van der Waals surface area contributed by atoms with Crippen molar-refractivity contribution >= 4 is 0 Å². The summed E-state index contributed by atoms with van der Waals surface area (Å²) < 4.78 is 18.7. The van der Waals surface area contributed by atoms with Gasteiger partial charge < -0.3 is 4.52 Å². The Bertz CT molecular complexity index is 778. The predicted molar refractivity (Wildman–Crippen MR) is 84.6 cm³/mol. The van der Waals surface area contributed by atoms with Gasteiger partial charge in [-0.15, -0.1) is 0 Å². The number of hydrogen-bond donors (Lipinski definition) is 0. The van der Waals surface area contributed by atoms with E-state index in [0.717, 1.165) is 56.1 Å². The summed E-state index contributed by atoms with van der Waals surface area (Å²) in [6, 6.07) is 6.51. The second-order valence-electron chi connectivity index (χ2n) is 6.75. The summed E-state index contributed by atoms with van der Waals surface area (Å²) in [6.45, 7) is 2.45. The van der Waals surface area contributed by atoms with E-state index in [-0.39, 0.29) is 11.7 Å². The van der Waals surface area contributed by atoms with Gasteiger partial charge in [-0.1, -0.05) is 11.2 Å². The molecule has 6 heteroatoms. The molecule has 1 aromatic carbocycles. The highest BCUT2D eigenvalue weighted by Crippen LogP contribution is 2.39. The van der Waals surface area contributed by atoms with Gasteiger partial charge in [0.05, 0.1) is 11.6 Å². The van der Waals surface area contributed by atoms with Crippen LogP contribution in [0.3, 0.4) is 0 Å². The van der Waals surface area contributed by atoms with Crippen LogP contribution >= 0.6 is 0 Å². The average Bonchev–Trinajstić information content (AvgIpc) is 3.33. The Labute approximate surface area is 140 Å². The third kappa shape index (κ3) is 3.17. The highest BCUT2D eigenvalue weighted by Gasteiger charge is 2.32. The van der Waals surface area contributed by atoms with Crippen LogP contribution in [-0.2, 0) is 6.54 Å². The maximum absolute atomic E-state index is 13.3. The fourth-order valence-corrected chi connectivity index (χ4v) is 3.35. The molecular formula is C18H19FN4O. The Morgan fingerprint density at radius 1 is 1.29 bits per heavy atom. The first kappa shape index (κ1) is 15.3. The van der Waals surface area contributed by atoms with Crippen LogP contribution in [0.4, 0.5) is 4.39 Å². The highest BCUT2D eigenvalue weighted by molar-refractivity contribution is 5.37. The van der Waals surface area contributed by atoms with Crippen molar-refractivity contribution in [2.45, 2.75) is 44.1 Å². The molecular weight excluding hydrogens is 307 g/mol.